The minimum Gasteiger partial charge on any atom is -0.370 e. The van der Waals surface area contributed by atoms with Crippen molar-refractivity contribution in [3.63, 3.8) is 0 Å². The Morgan fingerprint density at radius 3 is 3.06 bits per heavy atom. The van der Waals surface area contributed by atoms with Crippen LogP contribution in [-0.2, 0) is 10.8 Å². The van der Waals surface area contributed by atoms with Gasteiger partial charge in [-0.1, -0.05) is 6.92 Å². The van der Waals surface area contributed by atoms with Crippen LogP contribution in [0.4, 0.5) is 5.82 Å². The van der Waals surface area contributed by atoms with Crippen LogP contribution < -0.4 is 11.1 Å². The number of hydrogen-bond acceptors (Lipinski definition) is 4. The number of nitrogens with zero attached hydrogens (tertiary/aromatic N) is 3. The minimum absolute atomic E-state index is 0.272. The molecule has 16 heavy (non-hydrogen) atoms. The van der Waals surface area contributed by atoms with Gasteiger partial charge in [0.15, 0.2) is 5.96 Å². The molecule has 0 saturated carbocycles. The second kappa shape index (κ2) is 6.16. The Morgan fingerprint density at radius 2 is 2.44 bits per heavy atom. The molecule has 0 aliphatic carbocycles. The number of guanidine groups is 1. The summed E-state index contributed by atoms with van der Waals surface area (Å²) in [7, 11) is -1.20. The lowest BCUT2D eigenvalue weighted by Gasteiger charge is -2.04. The molecular weight excluding hydrogens is 226 g/mol. The normalized spacial score (nSPS) is 13.5. The van der Waals surface area contributed by atoms with Crippen molar-refractivity contribution in [3.05, 3.63) is 12.3 Å². The van der Waals surface area contributed by atoms with Gasteiger partial charge in [0.25, 0.3) is 0 Å². The van der Waals surface area contributed by atoms with Crippen molar-refractivity contribution < 1.29 is 4.21 Å². The van der Waals surface area contributed by atoms with Gasteiger partial charge in [0.1, 0.15) is 5.82 Å². The topological polar surface area (TPSA) is 93.3 Å². The number of aromatic nitrogens is 2. The van der Waals surface area contributed by atoms with Gasteiger partial charge in [0, 0.05) is 19.0 Å². The van der Waals surface area contributed by atoms with Gasteiger partial charge in [0.2, 0.25) is 5.16 Å². The monoisotopic (exact) mass is 241 g/mol. The molecule has 3 N–H and O–H groups in total. The van der Waals surface area contributed by atoms with Crippen LogP contribution in [0.2, 0.25) is 0 Å². The standard InChI is InChI=1S/C9H15N5OS/c1-3-5-11-8(10)13-7-4-6-12-9(14-7)16(2)15/h4,6H,3,5H2,1-2H3,(H3,10,11,12,13,14). The Balaban J connectivity index is 2.74. The van der Waals surface area contributed by atoms with Crippen LogP contribution >= 0.6 is 0 Å². The third kappa shape index (κ3) is 3.93. The zero-order valence-electron chi connectivity index (χ0n) is 9.30. The summed E-state index contributed by atoms with van der Waals surface area (Å²) in [5, 5.41) is 3.09. The number of rotatable bonds is 4. The van der Waals surface area contributed by atoms with Gasteiger partial charge in [-0.05, 0) is 12.5 Å². The molecule has 0 saturated heterocycles. The Morgan fingerprint density at radius 1 is 1.69 bits per heavy atom. The predicted octanol–water partition coefficient (Wildman–Crippen LogP) is 0.351. The molecule has 1 aromatic rings. The maximum absolute atomic E-state index is 11.2. The Labute approximate surface area is 96.9 Å². The number of nitrogens with two attached hydrogens (primary N) is 1. The van der Waals surface area contributed by atoms with Gasteiger partial charge >= 0.3 is 0 Å². The van der Waals surface area contributed by atoms with Crippen LogP contribution in [0.1, 0.15) is 13.3 Å². The van der Waals surface area contributed by atoms with E-state index < -0.39 is 10.8 Å². The predicted molar refractivity (Wildman–Crippen MR) is 64.8 cm³/mol. The maximum Gasteiger partial charge on any atom is 0.220 e. The number of hydrogen-bond donors (Lipinski definition) is 2. The summed E-state index contributed by atoms with van der Waals surface area (Å²) in [5.41, 5.74) is 5.62. The molecule has 6 nitrogen and oxygen atoms in total. The van der Waals surface area contributed by atoms with Crippen molar-refractivity contribution >= 4 is 22.6 Å². The third-order valence-corrected chi connectivity index (χ3v) is 2.36. The first-order valence-corrected chi connectivity index (χ1v) is 6.42. The van der Waals surface area contributed by atoms with Gasteiger partial charge in [-0.2, -0.15) is 0 Å². The van der Waals surface area contributed by atoms with Crippen molar-refractivity contribution in [2.45, 2.75) is 18.5 Å². The molecule has 0 fully saturated rings. The number of nitrogens with one attached hydrogen (secondary N) is 1. The summed E-state index contributed by atoms with van der Waals surface area (Å²) in [6.07, 6.45) is 3.98. The molecule has 0 radical (unpaired) electrons. The van der Waals surface area contributed by atoms with Gasteiger partial charge in [-0.3, -0.25) is 9.20 Å². The lowest BCUT2D eigenvalue weighted by molar-refractivity contribution is 0.680. The average molecular weight is 241 g/mol. The summed E-state index contributed by atoms with van der Waals surface area (Å²) < 4.78 is 11.2. The summed E-state index contributed by atoms with van der Waals surface area (Å²) in [4.78, 5) is 12.0. The van der Waals surface area contributed by atoms with E-state index in [0.29, 0.717) is 18.3 Å². The van der Waals surface area contributed by atoms with Gasteiger partial charge in [-0.15, -0.1) is 0 Å². The molecule has 7 heteroatoms. The van der Waals surface area contributed by atoms with Crippen molar-refractivity contribution in [3.8, 4) is 0 Å². The average Bonchev–Trinajstić information content (AvgIpc) is 2.26. The first kappa shape index (κ1) is 12.6. The second-order valence-electron chi connectivity index (χ2n) is 3.07. The molecule has 0 aromatic carbocycles. The molecule has 0 aliphatic heterocycles. The first-order valence-electron chi connectivity index (χ1n) is 4.87. The van der Waals surface area contributed by atoms with Crippen molar-refractivity contribution in [2.75, 3.05) is 18.1 Å². The Bertz CT molecular complexity index is 407. The molecule has 1 heterocycles. The smallest absolute Gasteiger partial charge is 0.220 e. The summed E-state index contributed by atoms with van der Waals surface area (Å²) >= 11 is 0. The summed E-state index contributed by atoms with van der Waals surface area (Å²) in [6, 6.07) is 1.64. The van der Waals surface area contributed by atoms with E-state index in [2.05, 4.69) is 20.3 Å². The fourth-order valence-electron chi connectivity index (χ4n) is 0.952. The van der Waals surface area contributed by atoms with E-state index in [1.807, 2.05) is 6.92 Å². The van der Waals surface area contributed by atoms with Gasteiger partial charge in [0.05, 0.1) is 10.8 Å². The zero-order chi connectivity index (χ0) is 12.0. The summed E-state index contributed by atoms with van der Waals surface area (Å²) in [5.74, 6) is 0.797. The van der Waals surface area contributed by atoms with Crippen molar-refractivity contribution in [1.82, 2.24) is 9.97 Å². The van der Waals surface area contributed by atoms with Crippen LogP contribution in [0.25, 0.3) is 0 Å². The highest BCUT2D eigenvalue weighted by Crippen LogP contribution is 2.03. The molecule has 1 rings (SSSR count). The number of aliphatic imine (C=N–C) groups is 1. The first-order chi connectivity index (χ1) is 7.63. The molecule has 1 aromatic heterocycles. The van der Waals surface area contributed by atoms with Crippen LogP contribution in [0.3, 0.4) is 0 Å². The van der Waals surface area contributed by atoms with E-state index in [-0.39, 0.29) is 5.16 Å². The molecule has 1 unspecified atom stereocenters. The lowest BCUT2D eigenvalue weighted by atomic mass is 10.5. The fourth-order valence-corrected chi connectivity index (χ4v) is 1.39. The van der Waals surface area contributed by atoms with Gasteiger partial charge in [-0.25, -0.2) is 9.97 Å². The van der Waals surface area contributed by atoms with Gasteiger partial charge < -0.3 is 11.1 Å². The van der Waals surface area contributed by atoms with Crippen molar-refractivity contribution in [2.24, 2.45) is 10.7 Å². The number of anilines is 1. The zero-order valence-corrected chi connectivity index (χ0v) is 10.1. The quantitative estimate of drug-likeness (QED) is 0.451. The fraction of sp³-hybridized carbons (Fsp3) is 0.444. The highest BCUT2D eigenvalue weighted by Gasteiger charge is 2.03. The maximum atomic E-state index is 11.2. The molecular formula is C9H15N5OS. The SMILES string of the molecule is CCCN=C(N)Nc1ccnc(S(C)=O)n1. The van der Waals surface area contributed by atoms with Crippen LogP contribution in [0.5, 0.6) is 0 Å². The van der Waals surface area contributed by atoms with Crippen LogP contribution in [-0.4, -0.2) is 32.9 Å². The van der Waals surface area contributed by atoms with E-state index in [0.717, 1.165) is 6.42 Å². The highest BCUT2D eigenvalue weighted by molar-refractivity contribution is 7.84. The van der Waals surface area contributed by atoms with E-state index in [1.165, 1.54) is 12.5 Å². The molecule has 0 aliphatic rings. The van der Waals surface area contributed by atoms with E-state index in [4.69, 9.17) is 5.73 Å². The molecule has 88 valence electrons. The van der Waals surface area contributed by atoms with Crippen LogP contribution in [0, 0.1) is 0 Å². The molecule has 0 spiro atoms. The van der Waals surface area contributed by atoms with E-state index in [1.54, 1.807) is 6.07 Å². The highest BCUT2D eigenvalue weighted by atomic mass is 32.2. The van der Waals surface area contributed by atoms with Crippen LogP contribution in [0.15, 0.2) is 22.4 Å². The van der Waals surface area contributed by atoms with E-state index in [9.17, 15) is 4.21 Å². The molecule has 0 amide bonds. The van der Waals surface area contributed by atoms with Crippen molar-refractivity contribution in [1.29, 1.82) is 0 Å². The third-order valence-electron chi connectivity index (χ3n) is 1.65. The molecule has 0 bridgehead atoms. The Kier molecular flexibility index (Phi) is 4.84. The summed E-state index contributed by atoms with van der Waals surface area (Å²) in [6.45, 7) is 2.68. The molecule has 1 atom stereocenters. The largest absolute Gasteiger partial charge is 0.370 e. The van der Waals surface area contributed by atoms with E-state index >= 15 is 0 Å². The minimum atomic E-state index is -1.20. The Hall–Kier alpha value is -1.50. The lowest BCUT2D eigenvalue weighted by Crippen LogP contribution is -2.23. The second-order valence-corrected chi connectivity index (χ2v) is 4.34.